The molecule has 0 fully saturated rings. The highest BCUT2D eigenvalue weighted by atomic mass is 16.6. The lowest BCUT2D eigenvalue weighted by atomic mass is 10.0. The van der Waals surface area contributed by atoms with Crippen molar-refractivity contribution in [2.75, 3.05) is 13.2 Å². The van der Waals surface area contributed by atoms with Gasteiger partial charge in [0.25, 0.3) is 0 Å². The third-order valence-corrected chi connectivity index (χ3v) is 10.5. The summed E-state index contributed by atoms with van der Waals surface area (Å²) in [5, 5.41) is 9.55. The van der Waals surface area contributed by atoms with E-state index in [-0.39, 0.29) is 25.2 Å². The maximum absolute atomic E-state index is 12.2. The van der Waals surface area contributed by atoms with Crippen LogP contribution in [0, 0.1) is 0 Å². The van der Waals surface area contributed by atoms with Gasteiger partial charge in [0.15, 0.2) is 6.10 Å². The van der Waals surface area contributed by atoms with E-state index in [1.54, 1.807) is 0 Å². The Morgan fingerprint density at radius 3 is 1.03 bits per heavy atom. The van der Waals surface area contributed by atoms with Crippen LogP contribution >= 0.6 is 0 Å². The third kappa shape index (κ3) is 50.8. The molecule has 0 aliphatic rings. The fourth-order valence-corrected chi connectivity index (χ4v) is 6.70. The van der Waals surface area contributed by atoms with Crippen molar-refractivity contribution < 1.29 is 24.2 Å². The van der Waals surface area contributed by atoms with Gasteiger partial charge in [0.05, 0.1) is 6.61 Å². The summed E-state index contributed by atoms with van der Waals surface area (Å²) in [6.07, 6.45) is 77.4. The lowest BCUT2D eigenvalue weighted by molar-refractivity contribution is -0.161. The summed E-state index contributed by atoms with van der Waals surface area (Å²) < 4.78 is 10.6. The Hall–Kier alpha value is -3.70. The zero-order valence-corrected chi connectivity index (χ0v) is 40.5. The lowest BCUT2D eigenvalue weighted by Crippen LogP contribution is -2.28. The topological polar surface area (TPSA) is 72.8 Å². The number of ether oxygens (including phenoxy) is 2. The second-order valence-electron chi connectivity index (χ2n) is 16.5. The predicted molar refractivity (Wildman–Crippen MR) is 274 cm³/mol. The van der Waals surface area contributed by atoms with Gasteiger partial charge in [0.2, 0.25) is 0 Å². The molecule has 0 aromatic heterocycles. The highest BCUT2D eigenvalue weighted by Gasteiger charge is 2.16. The first-order chi connectivity index (χ1) is 31.1. The normalized spacial score (nSPS) is 13.3. The highest BCUT2D eigenvalue weighted by molar-refractivity contribution is 5.70. The zero-order chi connectivity index (χ0) is 45.6. The van der Waals surface area contributed by atoms with Gasteiger partial charge in [-0.3, -0.25) is 9.59 Å². The Morgan fingerprint density at radius 2 is 0.683 bits per heavy atom. The standard InChI is InChI=1S/C58H94O5/c1-3-5-7-9-11-13-14-15-16-17-18-19-20-21-22-23-24-25-26-27-28-29-30-31-32-33-34-35-36-37-38-39-40-41-42-43-44-45-47-49-51-53-58(61)63-56(54-59)55-62-57(60)52-50-48-46-12-10-8-6-4-2/h5,7,11,13,15-16,18-19,21-22,24-25,27-28,30-31,33-34,36-37,56,59H,3-4,6,8-10,12,14,17,20,23,26,29,32,35,38-55H2,1-2H3/b7-5-,13-11-,16-15-,19-18-,22-21-,25-24-,28-27-,31-30-,34-33-,37-36-. The van der Waals surface area contributed by atoms with E-state index in [1.165, 1.54) is 83.5 Å². The fourth-order valence-electron chi connectivity index (χ4n) is 6.70. The van der Waals surface area contributed by atoms with Crippen LogP contribution in [0.2, 0.25) is 0 Å². The first-order valence-electron chi connectivity index (χ1n) is 25.6. The number of allylic oxidation sites excluding steroid dienone is 20. The van der Waals surface area contributed by atoms with E-state index in [0.29, 0.717) is 12.8 Å². The minimum Gasteiger partial charge on any atom is -0.462 e. The van der Waals surface area contributed by atoms with Gasteiger partial charge in [-0.05, 0) is 89.9 Å². The van der Waals surface area contributed by atoms with Crippen molar-refractivity contribution in [1.82, 2.24) is 0 Å². The van der Waals surface area contributed by atoms with Gasteiger partial charge < -0.3 is 14.6 Å². The molecular weight excluding hydrogens is 777 g/mol. The van der Waals surface area contributed by atoms with Crippen molar-refractivity contribution in [3.8, 4) is 0 Å². The molecule has 0 bridgehead atoms. The summed E-state index contributed by atoms with van der Waals surface area (Å²) in [5.74, 6) is -0.606. The van der Waals surface area contributed by atoms with E-state index < -0.39 is 6.10 Å². The van der Waals surface area contributed by atoms with Crippen molar-refractivity contribution in [2.45, 2.75) is 219 Å². The van der Waals surface area contributed by atoms with E-state index in [1.807, 2.05) is 0 Å². The van der Waals surface area contributed by atoms with Crippen LogP contribution in [0.1, 0.15) is 213 Å². The second kappa shape index (κ2) is 52.6. The van der Waals surface area contributed by atoms with Crippen LogP contribution < -0.4 is 0 Å². The monoisotopic (exact) mass is 871 g/mol. The number of carbonyl (C=O) groups excluding carboxylic acids is 2. The molecule has 0 aliphatic heterocycles. The molecule has 0 aromatic rings. The SMILES string of the molecule is CC/C=C\C/C=C\C/C=C\C/C=C\C/C=C\C/C=C\C/C=C\C/C=C\C/C=C\C/C=C\CCCCCCCCCCCCC(=O)OC(CO)COC(=O)CCCCCCCCCC. The lowest BCUT2D eigenvalue weighted by Gasteiger charge is -2.15. The molecule has 0 spiro atoms. The molecule has 0 aliphatic carbocycles. The van der Waals surface area contributed by atoms with Crippen molar-refractivity contribution in [1.29, 1.82) is 0 Å². The van der Waals surface area contributed by atoms with E-state index >= 15 is 0 Å². The van der Waals surface area contributed by atoms with Crippen LogP contribution in [0.4, 0.5) is 0 Å². The molecule has 0 aromatic carbocycles. The van der Waals surface area contributed by atoms with E-state index in [9.17, 15) is 14.7 Å². The number of esters is 2. The minimum atomic E-state index is -0.776. The van der Waals surface area contributed by atoms with Gasteiger partial charge in [-0.2, -0.15) is 0 Å². The number of hydrogen-bond donors (Lipinski definition) is 1. The summed E-state index contributed by atoms with van der Waals surface area (Å²) in [5.41, 5.74) is 0. The Balaban J connectivity index is 3.58. The molecular formula is C58H94O5. The third-order valence-electron chi connectivity index (χ3n) is 10.5. The molecule has 0 heterocycles. The van der Waals surface area contributed by atoms with Gasteiger partial charge in [-0.25, -0.2) is 0 Å². The van der Waals surface area contributed by atoms with E-state index in [2.05, 4.69) is 135 Å². The second-order valence-corrected chi connectivity index (χ2v) is 16.5. The average Bonchev–Trinajstić information content (AvgIpc) is 3.29. The molecule has 0 rings (SSSR count). The molecule has 0 saturated carbocycles. The zero-order valence-electron chi connectivity index (χ0n) is 40.5. The van der Waals surface area contributed by atoms with Gasteiger partial charge in [-0.15, -0.1) is 0 Å². The first-order valence-corrected chi connectivity index (χ1v) is 25.6. The Kier molecular flexibility index (Phi) is 49.6. The van der Waals surface area contributed by atoms with Gasteiger partial charge in [0, 0.05) is 12.8 Å². The molecule has 5 nitrogen and oxygen atoms in total. The highest BCUT2D eigenvalue weighted by Crippen LogP contribution is 2.14. The Bertz CT molecular complexity index is 1310. The largest absolute Gasteiger partial charge is 0.462 e. The molecule has 356 valence electrons. The van der Waals surface area contributed by atoms with Crippen molar-refractivity contribution in [2.24, 2.45) is 0 Å². The van der Waals surface area contributed by atoms with E-state index in [0.717, 1.165) is 103 Å². The summed E-state index contributed by atoms with van der Waals surface area (Å²) >= 11 is 0. The molecule has 0 radical (unpaired) electrons. The van der Waals surface area contributed by atoms with Crippen LogP contribution in [-0.4, -0.2) is 36.4 Å². The van der Waals surface area contributed by atoms with E-state index in [4.69, 9.17) is 9.47 Å². The molecule has 63 heavy (non-hydrogen) atoms. The van der Waals surface area contributed by atoms with Crippen LogP contribution in [0.15, 0.2) is 122 Å². The van der Waals surface area contributed by atoms with Crippen LogP contribution in [0.3, 0.4) is 0 Å². The molecule has 1 unspecified atom stereocenters. The Morgan fingerprint density at radius 1 is 0.381 bits per heavy atom. The average molecular weight is 871 g/mol. The van der Waals surface area contributed by atoms with Crippen LogP contribution in [0.25, 0.3) is 0 Å². The van der Waals surface area contributed by atoms with Gasteiger partial charge in [-0.1, -0.05) is 232 Å². The summed E-state index contributed by atoms with van der Waals surface area (Å²) in [7, 11) is 0. The van der Waals surface area contributed by atoms with Gasteiger partial charge in [0.1, 0.15) is 6.61 Å². The first kappa shape index (κ1) is 59.3. The fraction of sp³-hybridized carbons (Fsp3) is 0.621. The predicted octanol–water partition coefficient (Wildman–Crippen LogP) is 17.1. The number of aliphatic hydroxyl groups excluding tert-OH is 1. The number of unbranched alkanes of at least 4 members (excludes halogenated alkanes) is 17. The minimum absolute atomic E-state index is 0.0712. The summed E-state index contributed by atoms with van der Waals surface area (Å²) in [4.78, 5) is 24.2. The maximum Gasteiger partial charge on any atom is 0.306 e. The van der Waals surface area contributed by atoms with Crippen molar-refractivity contribution >= 4 is 11.9 Å². The molecule has 1 atom stereocenters. The number of carbonyl (C=O) groups is 2. The summed E-state index contributed by atoms with van der Waals surface area (Å²) in [6, 6.07) is 0. The van der Waals surface area contributed by atoms with Crippen molar-refractivity contribution in [3.63, 3.8) is 0 Å². The van der Waals surface area contributed by atoms with Crippen molar-refractivity contribution in [3.05, 3.63) is 122 Å². The molecule has 1 N–H and O–H groups in total. The maximum atomic E-state index is 12.2. The smallest absolute Gasteiger partial charge is 0.306 e. The van der Waals surface area contributed by atoms with Crippen LogP contribution in [0.5, 0.6) is 0 Å². The molecule has 5 heteroatoms. The van der Waals surface area contributed by atoms with Crippen LogP contribution in [-0.2, 0) is 19.1 Å². The number of aliphatic hydroxyl groups is 1. The Labute approximate surface area is 388 Å². The molecule has 0 amide bonds. The van der Waals surface area contributed by atoms with Gasteiger partial charge >= 0.3 is 11.9 Å². The summed E-state index contributed by atoms with van der Waals surface area (Å²) in [6.45, 7) is 3.97. The number of rotatable bonds is 45. The molecule has 0 saturated heterocycles. The quantitative estimate of drug-likeness (QED) is 0.0375. The number of hydrogen-bond acceptors (Lipinski definition) is 5.